The summed E-state index contributed by atoms with van der Waals surface area (Å²) in [6.07, 6.45) is 7.06. The minimum atomic E-state index is -0.131. The van der Waals surface area contributed by atoms with Crippen molar-refractivity contribution in [2.24, 2.45) is 5.92 Å². The molecule has 1 saturated carbocycles. The van der Waals surface area contributed by atoms with E-state index < -0.39 is 0 Å². The molecule has 1 saturated heterocycles. The van der Waals surface area contributed by atoms with Crippen molar-refractivity contribution in [3.63, 3.8) is 0 Å². The molecule has 5 rings (SSSR count). The Bertz CT molecular complexity index is 1000. The number of nitrogens with one attached hydrogen (secondary N) is 1. The summed E-state index contributed by atoms with van der Waals surface area (Å²) in [5.41, 5.74) is 1.59. The van der Waals surface area contributed by atoms with Crippen molar-refractivity contribution in [1.82, 2.24) is 20.1 Å². The van der Waals surface area contributed by atoms with Crippen molar-refractivity contribution in [1.29, 1.82) is 0 Å². The Morgan fingerprint density at radius 1 is 1.03 bits per heavy atom. The van der Waals surface area contributed by atoms with E-state index in [0.29, 0.717) is 55.7 Å². The quantitative estimate of drug-likeness (QED) is 0.678. The van der Waals surface area contributed by atoms with E-state index >= 15 is 0 Å². The highest BCUT2D eigenvalue weighted by Crippen LogP contribution is 2.33. The molecule has 3 aliphatic rings. The largest absolute Gasteiger partial charge is 0.454 e. The zero-order valence-corrected chi connectivity index (χ0v) is 19.4. The first-order chi connectivity index (χ1) is 16.7. The normalized spacial score (nSPS) is 19.2. The summed E-state index contributed by atoms with van der Waals surface area (Å²) < 4.78 is 10.8. The van der Waals surface area contributed by atoms with Gasteiger partial charge in [-0.1, -0.05) is 18.9 Å². The Morgan fingerprint density at radius 2 is 1.82 bits per heavy atom. The minimum Gasteiger partial charge on any atom is -0.454 e. The first kappa shape index (κ1) is 22.7. The number of hydrogen-bond acceptors (Lipinski definition) is 6. The third-order valence-electron chi connectivity index (χ3n) is 7.14. The van der Waals surface area contributed by atoms with Gasteiger partial charge in [0.15, 0.2) is 11.5 Å². The van der Waals surface area contributed by atoms with E-state index in [0.717, 1.165) is 25.0 Å². The number of benzene rings is 1. The molecule has 2 fully saturated rings. The maximum atomic E-state index is 13.3. The number of fused-ring (bicyclic) bond motifs is 1. The molecule has 1 aromatic heterocycles. The third-order valence-corrected chi connectivity index (χ3v) is 7.14. The Kier molecular flexibility index (Phi) is 6.94. The van der Waals surface area contributed by atoms with Crippen LogP contribution in [0.1, 0.15) is 41.7 Å². The SMILES string of the molecule is O=C(NCCc1ccccn1)C(C1CCCC1)N1CCN(C(=O)c2ccc3c(c2)OCO3)CC1. The molecule has 0 spiro atoms. The lowest BCUT2D eigenvalue weighted by atomic mass is 9.95. The highest BCUT2D eigenvalue weighted by molar-refractivity contribution is 5.95. The van der Waals surface area contributed by atoms with E-state index in [1.54, 1.807) is 24.4 Å². The molecule has 1 aliphatic carbocycles. The fourth-order valence-corrected chi connectivity index (χ4v) is 5.33. The number of aromatic nitrogens is 1. The van der Waals surface area contributed by atoms with Crippen molar-refractivity contribution in [3.05, 3.63) is 53.9 Å². The molecule has 3 heterocycles. The molecule has 0 radical (unpaired) electrons. The van der Waals surface area contributed by atoms with Crippen molar-refractivity contribution < 1.29 is 19.1 Å². The second kappa shape index (κ2) is 10.4. The van der Waals surface area contributed by atoms with Gasteiger partial charge < -0.3 is 19.7 Å². The fourth-order valence-electron chi connectivity index (χ4n) is 5.33. The summed E-state index contributed by atoms with van der Waals surface area (Å²) in [5, 5.41) is 3.16. The predicted octanol–water partition coefficient (Wildman–Crippen LogP) is 2.49. The lowest BCUT2D eigenvalue weighted by Gasteiger charge is -2.40. The molecule has 1 N–H and O–H groups in total. The van der Waals surface area contributed by atoms with E-state index in [1.165, 1.54) is 12.8 Å². The summed E-state index contributed by atoms with van der Waals surface area (Å²) in [6, 6.07) is 11.1. The van der Waals surface area contributed by atoms with E-state index in [9.17, 15) is 9.59 Å². The molecular formula is C26H32N4O4. The zero-order valence-electron chi connectivity index (χ0n) is 19.4. The smallest absolute Gasteiger partial charge is 0.254 e. The molecular weight excluding hydrogens is 432 g/mol. The maximum Gasteiger partial charge on any atom is 0.254 e. The number of carbonyl (C=O) groups is 2. The average molecular weight is 465 g/mol. The summed E-state index contributed by atoms with van der Waals surface area (Å²) >= 11 is 0. The van der Waals surface area contributed by atoms with Gasteiger partial charge in [0.25, 0.3) is 5.91 Å². The number of amides is 2. The standard InChI is InChI=1S/C26H32N4O4/c31-25(28-12-10-21-7-3-4-11-27-21)24(19-5-1-2-6-19)29-13-15-30(16-14-29)26(32)20-8-9-22-23(17-20)34-18-33-22/h3-4,7-9,11,17,19,24H,1-2,5-6,10,12-16,18H2,(H,28,31). The molecule has 1 aromatic carbocycles. The van der Waals surface area contributed by atoms with Gasteiger partial charge in [-0.2, -0.15) is 0 Å². The van der Waals surface area contributed by atoms with Gasteiger partial charge in [0.1, 0.15) is 0 Å². The topological polar surface area (TPSA) is 84.0 Å². The van der Waals surface area contributed by atoms with Crippen LogP contribution in [0.2, 0.25) is 0 Å². The second-order valence-corrected chi connectivity index (χ2v) is 9.25. The van der Waals surface area contributed by atoms with E-state index in [4.69, 9.17) is 9.47 Å². The van der Waals surface area contributed by atoms with Gasteiger partial charge in [0.2, 0.25) is 12.7 Å². The van der Waals surface area contributed by atoms with Crippen LogP contribution in [0, 0.1) is 5.92 Å². The fraction of sp³-hybridized carbons (Fsp3) is 0.500. The number of nitrogens with zero attached hydrogens (tertiary/aromatic N) is 3. The van der Waals surface area contributed by atoms with Crippen LogP contribution in [0.15, 0.2) is 42.6 Å². The van der Waals surface area contributed by atoms with Crippen LogP contribution in [0.3, 0.4) is 0 Å². The number of carbonyl (C=O) groups excluding carboxylic acids is 2. The van der Waals surface area contributed by atoms with Crippen LogP contribution in [0.4, 0.5) is 0 Å². The van der Waals surface area contributed by atoms with E-state index in [2.05, 4.69) is 15.2 Å². The van der Waals surface area contributed by atoms with Crippen molar-refractivity contribution in [2.75, 3.05) is 39.5 Å². The second-order valence-electron chi connectivity index (χ2n) is 9.25. The van der Waals surface area contributed by atoms with Gasteiger partial charge in [-0.25, -0.2) is 0 Å². The van der Waals surface area contributed by atoms with Crippen LogP contribution in [0.5, 0.6) is 11.5 Å². The van der Waals surface area contributed by atoms with E-state index in [1.807, 2.05) is 23.1 Å². The molecule has 8 heteroatoms. The van der Waals surface area contributed by atoms with Crippen LogP contribution < -0.4 is 14.8 Å². The van der Waals surface area contributed by atoms with Gasteiger partial charge in [0.05, 0.1) is 6.04 Å². The van der Waals surface area contributed by atoms with Gasteiger partial charge in [-0.05, 0) is 49.1 Å². The minimum absolute atomic E-state index is 0.00446. The first-order valence-corrected chi connectivity index (χ1v) is 12.3. The Balaban J connectivity index is 1.18. The van der Waals surface area contributed by atoms with Crippen molar-refractivity contribution in [3.8, 4) is 11.5 Å². The molecule has 2 amide bonds. The maximum absolute atomic E-state index is 13.3. The van der Waals surface area contributed by atoms with Crippen LogP contribution in [-0.4, -0.2) is 72.2 Å². The molecule has 1 atom stereocenters. The molecule has 8 nitrogen and oxygen atoms in total. The summed E-state index contributed by atoms with van der Waals surface area (Å²) in [6.45, 7) is 3.39. The molecule has 1 unspecified atom stereocenters. The number of pyridine rings is 1. The highest BCUT2D eigenvalue weighted by Gasteiger charge is 2.37. The van der Waals surface area contributed by atoms with Crippen molar-refractivity contribution >= 4 is 11.8 Å². The summed E-state index contributed by atoms with van der Waals surface area (Å²) in [5.74, 6) is 1.78. The Morgan fingerprint density at radius 3 is 2.59 bits per heavy atom. The lowest BCUT2D eigenvalue weighted by Crippen LogP contribution is -2.58. The number of ether oxygens (including phenoxy) is 2. The first-order valence-electron chi connectivity index (χ1n) is 12.3. The van der Waals surface area contributed by atoms with Crippen LogP contribution in [-0.2, 0) is 11.2 Å². The van der Waals surface area contributed by atoms with Crippen molar-refractivity contribution in [2.45, 2.75) is 38.1 Å². The Labute approximate surface area is 200 Å². The van der Waals surface area contributed by atoms with Gasteiger partial charge in [0, 0.05) is 56.6 Å². The molecule has 180 valence electrons. The lowest BCUT2D eigenvalue weighted by molar-refractivity contribution is -0.129. The third kappa shape index (κ3) is 5.01. The molecule has 2 aliphatic heterocycles. The monoisotopic (exact) mass is 464 g/mol. The predicted molar refractivity (Wildman–Crippen MR) is 127 cm³/mol. The number of hydrogen-bond donors (Lipinski definition) is 1. The molecule has 34 heavy (non-hydrogen) atoms. The van der Waals surface area contributed by atoms with Gasteiger partial charge in [-0.15, -0.1) is 0 Å². The molecule has 2 aromatic rings. The number of rotatable bonds is 7. The van der Waals surface area contributed by atoms with Crippen LogP contribution in [0.25, 0.3) is 0 Å². The summed E-state index contributed by atoms with van der Waals surface area (Å²) in [7, 11) is 0. The Hall–Kier alpha value is -3.13. The zero-order chi connectivity index (χ0) is 23.3. The highest BCUT2D eigenvalue weighted by atomic mass is 16.7. The van der Waals surface area contributed by atoms with Gasteiger partial charge in [-0.3, -0.25) is 19.5 Å². The molecule has 0 bridgehead atoms. The average Bonchev–Trinajstić information content (AvgIpc) is 3.57. The van der Waals surface area contributed by atoms with Crippen LogP contribution >= 0.6 is 0 Å². The van der Waals surface area contributed by atoms with Gasteiger partial charge >= 0.3 is 0 Å². The summed E-state index contributed by atoms with van der Waals surface area (Å²) in [4.78, 5) is 34.9. The van der Waals surface area contributed by atoms with E-state index in [-0.39, 0.29) is 24.6 Å². The number of piperazine rings is 1.